The normalized spacial score (nSPS) is 25.3. The van der Waals surface area contributed by atoms with Crippen LogP contribution in [0.15, 0.2) is 23.6 Å². The zero-order valence-corrected chi connectivity index (χ0v) is 17.7. The summed E-state index contributed by atoms with van der Waals surface area (Å²) in [6.07, 6.45) is 3.36. The Morgan fingerprint density at radius 3 is 2.67 bits per heavy atom. The smallest absolute Gasteiger partial charge is 0.417 e. The molecule has 3 unspecified atom stereocenters. The van der Waals surface area contributed by atoms with Crippen molar-refractivity contribution in [2.45, 2.75) is 77.2 Å². The van der Waals surface area contributed by atoms with Gasteiger partial charge in [-0.3, -0.25) is 14.4 Å². The van der Waals surface area contributed by atoms with E-state index in [4.69, 9.17) is 14.2 Å². The summed E-state index contributed by atoms with van der Waals surface area (Å²) in [5.41, 5.74) is 0.120. The topological polar surface area (TPSA) is 111 Å². The fourth-order valence-electron chi connectivity index (χ4n) is 3.67. The molecule has 3 rings (SSSR count). The molecule has 0 spiro atoms. The first-order valence-corrected chi connectivity index (χ1v) is 10.1. The number of ketones is 1. The maximum Gasteiger partial charge on any atom is 0.417 e. The minimum absolute atomic E-state index is 0.196. The third kappa shape index (κ3) is 5.01. The highest BCUT2D eigenvalue weighted by Gasteiger charge is 2.46. The van der Waals surface area contributed by atoms with Crippen LogP contribution in [0.3, 0.4) is 0 Å². The van der Waals surface area contributed by atoms with E-state index in [-0.39, 0.29) is 18.2 Å². The van der Waals surface area contributed by atoms with E-state index in [0.717, 1.165) is 24.8 Å². The average Bonchev–Trinajstić information content (AvgIpc) is 2.65. The quantitative estimate of drug-likeness (QED) is 0.690. The Labute approximate surface area is 175 Å². The number of nitrogens with one attached hydrogen (secondary N) is 1. The van der Waals surface area contributed by atoms with E-state index < -0.39 is 42.3 Å². The predicted octanol–water partition coefficient (Wildman–Crippen LogP) is 1.96. The van der Waals surface area contributed by atoms with E-state index >= 15 is 0 Å². The lowest BCUT2D eigenvalue weighted by molar-refractivity contribution is -0.158. The molecule has 2 amide bonds. The van der Waals surface area contributed by atoms with Crippen molar-refractivity contribution in [1.29, 1.82) is 0 Å². The Kier molecular flexibility index (Phi) is 6.19. The molecule has 1 heterocycles. The van der Waals surface area contributed by atoms with Crippen molar-refractivity contribution >= 4 is 23.8 Å². The van der Waals surface area contributed by atoms with Crippen molar-refractivity contribution in [3.05, 3.63) is 23.6 Å². The summed E-state index contributed by atoms with van der Waals surface area (Å²) in [7, 11) is 0. The van der Waals surface area contributed by atoms with Crippen LogP contribution in [0.25, 0.3) is 0 Å². The van der Waals surface area contributed by atoms with Gasteiger partial charge in [0.15, 0.2) is 11.9 Å². The number of amides is 2. The fourth-order valence-corrected chi connectivity index (χ4v) is 3.67. The number of nitrogens with zero attached hydrogens (tertiary/aromatic N) is 1. The number of imide groups is 1. The van der Waals surface area contributed by atoms with Gasteiger partial charge in [-0.25, -0.2) is 9.69 Å². The second-order valence-corrected chi connectivity index (χ2v) is 8.61. The highest BCUT2D eigenvalue weighted by atomic mass is 16.6. The lowest BCUT2D eigenvalue weighted by atomic mass is 9.87. The monoisotopic (exact) mass is 420 g/mol. The largest absolute Gasteiger partial charge is 0.486 e. The molecule has 0 radical (unpaired) electrons. The Morgan fingerprint density at radius 2 is 2.00 bits per heavy atom. The van der Waals surface area contributed by atoms with Crippen molar-refractivity contribution in [2.24, 2.45) is 0 Å². The number of hydrogen-bond donors (Lipinski definition) is 1. The number of carbonyl (C=O) groups is 4. The summed E-state index contributed by atoms with van der Waals surface area (Å²) in [6.45, 7) is 5.58. The van der Waals surface area contributed by atoms with E-state index in [2.05, 4.69) is 5.32 Å². The molecule has 2 aliphatic carbocycles. The first-order valence-electron chi connectivity index (χ1n) is 10.1. The van der Waals surface area contributed by atoms with Gasteiger partial charge in [0.25, 0.3) is 0 Å². The van der Waals surface area contributed by atoms with Crippen LogP contribution in [0.5, 0.6) is 0 Å². The van der Waals surface area contributed by atoms with Crippen LogP contribution < -0.4 is 5.32 Å². The van der Waals surface area contributed by atoms with Gasteiger partial charge in [0.2, 0.25) is 12.0 Å². The van der Waals surface area contributed by atoms with Crippen molar-refractivity contribution in [1.82, 2.24) is 10.2 Å². The molecule has 0 aromatic heterocycles. The van der Waals surface area contributed by atoms with Gasteiger partial charge < -0.3 is 19.5 Å². The van der Waals surface area contributed by atoms with Crippen LogP contribution in [0, 0.1) is 0 Å². The Morgan fingerprint density at radius 1 is 1.27 bits per heavy atom. The van der Waals surface area contributed by atoms with E-state index in [1.165, 1.54) is 0 Å². The number of fused-ring (bicyclic) bond motifs is 1. The summed E-state index contributed by atoms with van der Waals surface area (Å²) in [5.74, 6) is -0.980. The Balaban J connectivity index is 1.72. The first kappa shape index (κ1) is 21.9. The molecule has 164 valence electrons. The van der Waals surface area contributed by atoms with Crippen LogP contribution in [0.4, 0.5) is 4.79 Å². The molecule has 0 bridgehead atoms. The Hall–Kier alpha value is -2.84. The van der Waals surface area contributed by atoms with Crippen molar-refractivity contribution in [3.8, 4) is 0 Å². The van der Waals surface area contributed by atoms with Crippen LogP contribution in [-0.4, -0.2) is 59.0 Å². The lowest BCUT2D eigenvalue weighted by Gasteiger charge is -2.42. The van der Waals surface area contributed by atoms with Crippen LogP contribution in [-0.2, 0) is 28.6 Å². The number of hydrogen-bond acceptors (Lipinski definition) is 8. The maximum atomic E-state index is 12.7. The standard InChI is InChI=1S/C21H28N2O7/c1-12(24)23(11-17(26)30-21(2,3)4)20(27)29-19-15(25)10-9-14-18(19)28-16-8-6-5-7-13(16)22-14/h5,7,14,18-19,22H,6,8-11H2,1-4H3. The third-order valence-corrected chi connectivity index (χ3v) is 4.99. The molecule has 1 aliphatic heterocycles. The SMILES string of the molecule is CC(=O)N(CC(=O)OC(C)(C)C)C(=O)OC1C(=O)CCC2NC3=C(CCC=C3)OC21. The molecule has 1 saturated carbocycles. The van der Waals surface area contributed by atoms with Gasteiger partial charge in [0.05, 0.1) is 11.7 Å². The van der Waals surface area contributed by atoms with E-state index in [1.807, 2.05) is 12.2 Å². The van der Waals surface area contributed by atoms with Gasteiger partial charge in [0.1, 0.15) is 17.9 Å². The summed E-state index contributed by atoms with van der Waals surface area (Å²) in [5, 5.41) is 3.36. The second-order valence-electron chi connectivity index (χ2n) is 8.61. The van der Waals surface area contributed by atoms with Gasteiger partial charge in [-0.2, -0.15) is 0 Å². The molecule has 30 heavy (non-hydrogen) atoms. The predicted molar refractivity (Wildman–Crippen MR) is 105 cm³/mol. The van der Waals surface area contributed by atoms with E-state index in [1.54, 1.807) is 20.8 Å². The summed E-state index contributed by atoms with van der Waals surface area (Å²) < 4.78 is 16.6. The molecule has 1 N–H and O–H groups in total. The molecule has 0 aromatic carbocycles. The average molecular weight is 420 g/mol. The number of rotatable bonds is 3. The number of ether oxygens (including phenoxy) is 3. The van der Waals surface area contributed by atoms with Gasteiger partial charge in [-0.05, 0) is 39.7 Å². The second kappa shape index (κ2) is 8.49. The molecule has 0 saturated heterocycles. The molecule has 9 heteroatoms. The van der Waals surface area contributed by atoms with Crippen molar-refractivity contribution in [2.75, 3.05) is 6.54 Å². The third-order valence-electron chi connectivity index (χ3n) is 4.99. The van der Waals surface area contributed by atoms with Gasteiger partial charge in [-0.1, -0.05) is 6.08 Å². The van der Waals surface area contributed by atoms with E-state index in [9.17, 15) is 19.2 Å². The van der Waals surface area contributed by atoms with E-state index in [0.29, 0.717) is 17.7 Å². The zero-order valence-electron chi connectivity index (χ0n) is 17.7. The summed E-state index contributed by atoms with van der Waals surface area (Å²) >= 11 is 0. The molecule has 3 aliphatic rings. The summed E-state index contributed by atoms with van der Waals surface area (Å²) in [6, 6.07) is -0.196. The molecule has 9 nitrogen and oxygen atoms in total. The highest BCUT2D eigenvalue weighted by molar-refractivity contribution is 5.95. The molecule has 3 atom stereocenters. The summed E-state index contributed by atoms with van der Waals surface area (Å²) in [4.78, 5) is 49.9. The van der Waals surface area contributed by atoms with Crippen molar-refractivity contribution in [3.63, 3.8) is 0 Å². The van der Waals surface area contributed by atoms with Gasteiger partial charge >= 0.3 is 12.1 Å². The minimum Gasteiger partial charge on any atom is -0.486 e. The maximum absolute atomic E-state index is 12.7. The minimum atomic E-state index is -1.16. The molecular weight excluding hydrogens is 392 g/mol. The zero-order chi connectivity index (χ0) is 22.1. The van der Waals surface area contributed by atoms with Gasteiger partial charge in [0, 0.05) is 19.8 Å². The fraction of sp³-hybridized carbons (Fsp3) is 0.619. The molecular formula is C21H28N2O7. The molecule has 0 aromatic rings. The lowest BCUT2D eigenvalue weighted by Crippen LogP contribution is -2.58. The first-order chi connectivity index (χ1) is 14.0. The number of allylic oxidation sites excluding steroid dienone is 3. The van der Waals surface area contributed by atoms with Crippen LogP contribution >= 0.6 is 0 Å². The number of esters is 1. The van der Waals surface area contributed by atoms with Crippen molar-refractivity contribution < 1.29 is 33.4 Å². The number of Topliss-reactive ketones (excluding diaryl/α,β-unsaturated/α-hetero) is 1. The number of carbonyl (C=O) groups excluding carboxylic acids is 4. The van der Waals surface area contributed by atoms with Crippen LogP contribution in [0.2, 0.25) is 0 Å². The Bertz CT molecular complexity index is 809. The van der Waals surface area contributed by atoms with Crippen LogP contribution in [0.1, 0.15) is 53.4 Å². The van der Waals surface area contributed by atoms with Gasteiger partial charge in [-0.15, -0.1) is 0 Å². The highest BCUT2D eigenvalue weighted by Crippen LogP contribution is 2.33. The molecule has 1 fully saturated rings.